The second-order valence-electron chi connectivity index (χ2n) is 5.80. The van der Waals surface area contributed by atoms with E-state index in [2.05, 4.69) is 0 Å². The molecule has 126 valence electrons. The van der Waals surface area contributed by atoms with E-state index in [1.165, 1.54) is 6.07 Å². The molecular formula is C22H20O3. The fourth-order valence-corrected chi connectivity index (χ4v) is 2.74. The van der Waals surface area contributed by atoms with E-state index in [0.29, 0.717) is 11.3 Å². The van der Waals surface area contributed by atoms with Crippen molar-refractivity contribution in [3.05, 3.63) is 95.6 Å². The largest absolute Gasteiger partial charge is 0.507 e. The number of phenolic OH excluding ortho intramolecular Hbond substituents is 1. The average Bonchev–Trinajstić information content (AvgIpc) is 2.67. The van der Waals surface area contributed by atoms with Crippen LogP contribution < -0.4 is 4.74 Å². The van der Waals surface area contributed by atoms with Gasteiger partial charge in [-0.1, -0.05) is 67.6 Å². The van der Waals surface area contributed by atoms with Gasteiger partial charge in [-0.15, -0.1) is 0 Å². The lowest BCUT2D eigenvalue weighted by molar-refractivity contribution is 0.103. The molecule has 0 spiro atoms. The maximum absolute atomic E-state index is 12.5. The van der Waals surface area contributed by atoms with Crippen LogP contribution in [0.1, 0.15) is 40.9 Å². The van der Waals surface area contributed by atoms with Crippen molar-refractivity contribution in [2.24, 2.45) is 0 Å². The van der Waals surface area contributed by atoms with Crippen LogP contribution in [0.3, 0.4) is 0 Å². The van der Waals surface area contributed by atoms with E-state index in [0.717, 1.165) is 12.0 Å². The Kier molecular flexibility index (Phi) is 5.14. The summed E-state index contributed by atoms with van der Waals surface area (Å²) in [6, 6.07) is 23.7. The van der Waals surface area contributed by atoms with Crippen LogP contribution in [0, 0.1) is 0 Å². The van der Waals surface area contributed by atoms with Crippen LogP contribution in [0.15, 0.2) is 78.9 Å². The third-order valence-corrected chi connectivity index (χ3v) is 4.07. The molecule has 3 nitrogen and oxygen atoms in total. The van der Waals surface area contributed by atoms with Crippen molar-refractivity contribution < 1.29 is 14.6 Å². The van der Waals surface area contributed by atoms with Crippen molar-refractivity contribution in [3.63, 3.8) is 0 Å². The summed E-state index contributed by atoms with van der Waals surface area (Å²) in [5, 5.41) is 10.3. The van der Waals surface area contributed by atoms with E-state index in [4.69, 9.17) is 4.74 Å². The summed E-state index contributed by atoms with van der Waals surface area (Å²) in [7, 11) is 0. The zero-order chi connectivity index (χ0) is 17.6. The molecule has 3 rings (SSSR count). The second kappa shape index (κ2) is 7.67. The van der Waals surface area contributed by atoms with Gasteiger partial charge in [0.2, 0.25) is 0 Å². The normalized spacial score (nSPS) is 11.7. The molecule has 1 unspecified atom stereocenters. The Balaban J connectivity index is 1.81. The topological polar surface area (TPSA) is 46.5 Å². The van der Waals surface area contributed by atoms with Crippen LogP contribution in [-0.4, -0.2) is 10.9 Å². The van der Waals surface area contributed by atoms with Crippen molar-refractivity contribution in [3.8, 4) is 11.5 Å². The van der Waals surface area contributed by atoms with Gasteiger partial charge in [-0.05, 0) is 24.1 Å². The number of rotatable bonds is 6. The smallest absolute Gasteiger partial charge is 0.196 e. The van der Waals surface area contributed by atoms with Crippen LogP contribution >= 0.6 is 0 Å². The van der Waals surface area contributed by atoms with Crippen LogP contribution in [0.4, 0.5) is 0 Å². The van der Waals surface area contributed by atoms with Gasteiger partial charge in [0.15, 0.2) is 5.78 Å². The molecule has 0 heterocycles. The van der Waals surface area contributed by atoms with Gasteiger partial charge in [0.1, 0.15) is 17.6 Å². The Hall–Kier alpha value is -3.07. The molecule has 1 N–H and O–H groups in total. The minimum absolute atomic E-state index is 0.0748. The molecule has 3 aromatic rings. The van der Waals surface area contributed by atoms with Crippen molar-refractivity contribution in [1.82, 2.24) is 0 Å². The molecule has 0 aliphatic carbocycles. The maximum atomic E-state index is 12.5. The molecule has 0 fully saturated rings. The fraction of sp³-hybridized carbons (Fsp3) is 0.136. The highest BCUT2D eigenvalue weighted by Gasteiger charge is 2.16. The van der Waals surface area contributed by atoms with Gasteiger partial charge < -0.3 is 9.84 Å². The molecule has 0 bridgehead atoms. The van der Waals surface area contributed by atoms with Crippen molar-refractivity contribution in [2.75, 3.05) is 0 Å². The van der Waals surface area contributed by atoms with Gasteiger partial charge in [0.25, 0.3) is 0 Å². The summed E-state index contributed by atoms with van der Waals surface area (Å²) in [4.78, 5) is 12.5. The summed E-state index contributed by atoms with van der Waals surface area (Å²) in [5.74, 6) is 0.256. The molecular weight excluding hydrogens is 312 g/mol. The molecule has 0 aliphatic rings. The summed E-state index contributed by atoms with van der Waals surface area (Å²) in [5.41, 5.74) is 1.89. The van der Waals surface area contributed by atoms with Crippen molar-refractivity contribution in [2.45, 2.75) is 19.4 Å². The Morgan fingerprint density at radius 2 is 1.60 bits per heavy atom. The van der Waals surface area contributed by atoms with Gasteiger partial charge in [-0.2, -0.15) is 0 Å². The molecule has 3 heteroatoms. The molecule has 25 heavy (non-hydrogen) atoms. The Labute approximate surface area is 147 Å². The minimum atomic E-state index is -0.209. The van der Waals surface area contributed by atoms with Crippen LogP contribution in [-0.2, 0) is 0 Å². The average molecular weight is 332 g/mol. The minimum Gasteiger partial charge on any atom is -0.507 e. The van der Waals surface area contributed by atoms with Gasteiger partial charge in [-0.3, -0.25) is 4.79 Å². The summed E-state index contributed by atoms with van der Waals surface area (Å²) < 4.78 is 6.00. The standard InChI is InChI=1S/C22H20O3/c1-2-21(16-9-5-3-6-10-16)25-18-13-14-19(20(23)15-18)22(24)17-11-7-4-8-12-17/h3-15,21,23H,2H2,1H3. The zero-order valence-corrected chi connectivity index (χ0v) is 14.1. The van der Waals surface area contributed by atoms with E-state index in [9.17, 15) is 9.90 Å². The lowest BCUT2D eigenvalue weighted by Crippen LogP contribution is -2.07. The number of hydrogen-bond acceptors (Lipinski definition) is 3. The first-order chi connectivity index (χ1) is 12.2. The lowest BCUT2D eigenvalue weighted by atomic mass is 10.0. The maximum Gasteiger partial charge on any atom is 0.196 e. The van der Waals surface area contributed by atoms with Gasteiger partial charge in [0, 0.05) is 11.6 Å². The van der Waals surface area contributed by atoms with Crippen molar-refractivity contribution in [1.29, 1.82) is 0 Å². The van der Waals surface area contributed by atoms with Crippen molar-refractivity contribution >= 4 is 5.78 Å². The number of aromatic hydroxyl groups is 1. The molecule has 0 aliphatic heterocycles. The van der Waals surface area contributed by atoms with E-state index in [1.807, 2.05) is 43.3 Å². The Morgan fingerprint density at radius 3 is 2.20 bits per heavy atom. The van der Waals surface area contributed by atoms with E-state index in [-0.39, 0.29) is 23.2 Å². The number of ketones is 1. The predicted molar refractivity (Wildman–Crippen MR) is 98.1 cm³/mol. The highest BCUT2D eigenvalue weighted by atomic mass is 16.5. The van der Waals surface area contributed by atoms with Crippen LogP contribution in [0.25, 0.3) is 0 Å². The zero-order valence-electron chi connectivity index (χ0n) is 14.1. The van der Waals surface area contributed by atoms with Gasteiger partial charge in [0.05, 0.1) is 5.56 Å². The monoisotopic (exact) mass is 332 g/mol. The molecule has 0 saturated heterocycles. The molecule has 0 amide bonds. The molecule has 0 radical (unpaired) electrons. The Bertz CT molecular complexity index is 842. The third kappa shape index (κ3) is 3.89. The SMILES string of the molecule is CCC(Oc1ccc(C(=O)c2ccccc2)c(O)c1)c1ccccc1. The first kappa shape index (κ1) is 16.8. The number of carbonyl (C=O) groups excluding carboxylic acids is 1. The molecule has 3 aromatic carbocycles. The molecule has 0 aromatic heterocycles. The summed E-state index contributed by atoms with van der Waals surface area (Å²) in [6.45, 7) is 2.05. The number of ether oxygens (including phenoxy) is 1. The predicted octanol–water partition coefficient (Wildman–Crippen LogP) is 5.15. The lowest BCUT2D eigenvalue weighted by Gasteiger charge is -2.18. The second-order valence-corrected chi connectivity index (χ2v) is 5.80. The van der Waals surface area contributed by atoms with E-state index in [1.54, 1.807) is 36.4 Å². The van der Waals surface area contributed by atoms with E-state index >= 15 is 0 Å². The van der Waals surface area contributed by atoms with E-state index < -0.39 is 0 Å². The quantitative estimate of drug-likeness (QED) is 0.635. The Morgan fingerprint density at radius 1 is 0.960 bits per heavy atom. The van der Waals surface area contributed by atoms with Crippen LogP contribution in [0.2, 0.25) is 0 Å². The first-order valence-electron chi connectivity index (χ1n) is 8.33. The summed E-state index contributed by atoms with van der Waals surface area (Å²) >= 11 is 0. The first-order valence-corrected chi connectivity index (χ1v) is 8.33. The number of hydrogen-bond donors (Lipinski definition) is 1. The van der Waals surface area contributed by atoms with Crippen LogP contribution in [0.5, 0.6) is 11.5 Å². The molecule has 1 atom stereocenters. The highest BCUT2D eigenvalue weighted by Crippen LogP contribution is 2.30. The number of benzene rings is 3. The number of carbonyl (C=O) groups is 1. The highest BCUT2D eigenvalue weighted by molar-refractivity contribution is 6.10. The number of phenols is 1. The molecule has 0 saturated carbocycles. The van der Waals surface area contributed by atoms with Gasteiger partial charge in [-0.25, -0.2) is 0 Å². The third-order valence-electron chi connectivity index (χ3n) is 4.07. The van der Waals surface area contributed by atoms with Gasteiger partial charge >= 0.3 is 0 Å². The fourth-order valence-electron chi connectivity index (χ4n) is 2.74. The summed E-state index contributed by atoms with van der Waals surface area (Å²) in [6.07, 6.45) is 0.700.